The van der Waals surface area contributed by atoms with Crippen molar-refractivity contribution in [2.75, 3.05) is 0 Å². The highest BCUT2D eigenvalue weighted by atomic mass is 27.2. The van der Waals surface area contributed by atoms with Crippen molar-refractivity contribution >= 4 is 14.5 Å². The van der Waals surface area contributed by atoms with Gasteiger partial charge in [-0.05, 0) is 28.9 Å². The second-order valence-corrected chi connectivity index (χ2v) is 13.8. The van der Waals surface area contributed by atoms with E-state index in [9.17, 15) is 0 Å². The molecule has 0 amide bonds. The molecule has 0 bridgehead atoms. The second-order valence-electron chi connectivity index (χ2n) is 11.1. The Hall–Kier alpha value is -0.448. The van der Waals surface area contributed by atoms with Crippen LogP contribution in [0.2, 0.25) is 10.6 Å². The number of unbranched alkanes of at least 4 members (excludes halogenated alkanes) is 6. The molecule has 1 rings (SSSR count). The summed E-state index contributed by atoms with van der Waals surface area (Å²) in [5.74, 6) is 1.23. The fraction of sp³-hybridized carbons (Fsp3) is 0.778. The maximum Gasteiger partial charge on any atom is 0.546 e. The largest absolute Gasteiger partial charge is 0.642 e. The van der Waals surface area contributed by atoms with Crippen LogP contribution in [-0.4, -0.2) is 14.5 Å². The normalized spacial score (nSPS) is 12.3. The zero-order valence-electron chi connectivity index (χ0n) is 21.2. The average molecular weight is 417 g/mol. The van der Waals surface area contributed by atoms with Crippen molar-refractivity contribution in [3.63, 3.8) is 0 Å². The molecule has 2 heteroatoms. The summed E-state index contributed by atoms with van der Waals surface area (Å²) in [6, 6.07) is 4.76. The lowest BCUT2D eigenvalue weighted by molar-refractivity contribution is 0.475. The molecule has 0 saturated carbocycles. The molecule has 0 atom stereocenters. The van der Waals surface area contributed by atoms with E-state index in [1.807, 2.05) is 0 Å². The highest BCUT2D eigenvalue weighted by molar-refractivity contribution is 6.52. The summed E-state index contributed by atoms with van der Waals surface area (Å²) in [4.78, 5) is 0. The van der Waals surface area contributed by atoms with Gasteiger partial charge in [0.15, 0.2) is 0 Å². The molecule has 0 saturated heterocycles. The van der Waals surface area contributed by atoms with Crippen LogP contribution < -0.4 is 3.79 Å². The summed E-state index contributed by atoms with van der Waals surface area (Å²) in [6.07, 6.45) is 10.8. The summed E-state index contributed by atoms with van der Waals surface area (Å²) < 4.78 is 7.08. The second kappa shape index (κ2) is 12.4. The molecule has 0 unspecified atom stereocenters. The lowest BCUT2D eigenvalue weighted by Crippen LogP contribution is -2.27. The third-order valence-corrected chi connectivity index (χ3v) is 8.57. The molecule has 0 N–H and O–H groups in total. The molecule has 0 aliphatic rings. The quantitative estimate of drug-likeness (QED) is 0.244. The van der Waals surface area contributed by atoms with Crippen LogP contribution in [0, 0.1) is 6.92 Å². The minimum atomic E-state index is -1.26. The lowest BCUT2D eigenvalue weighted by Gasteiger charge is -2.33. The lowest BCUT2D eigenvalue weighted by atomic mass is 9.78. The van der Waals surface area contributed by atoms with Gasteiger partial charge in [0, 0.05) is 0 Å². The first kappa shape index (κ1) is 26.6. The molecule has 29 heavy (non-hydrogen) atoms. The van der Waals surface area contributed by atoms with Gasteiger partial charge in [-0.25, -0.2) is 0 Å². The Morgan fingerprint density at radius 3 is 1.45 bits per heavy atom. The van der Waals surface area contributed by atoms with Gasteiger partial charge in [0.05, 0.1) is 5.75 Å². The highest BCUT2D eigenvalue weighted by Crippen LogP contribution is 2.41. The summed E-state index contributed by atoms with van der Waals surface area (Å²) in [6.45, 7) is 20.8. The van der Waals surface area contributed by atoms with Crippen molar-refractivity contribution in [2.24, 2.45) is 0 Å². The summed E-state index contributed by atoms with van der Waals surface area (Å²) in [5.41, 5.74) is 4.37. The van der Waals surface area contributed by atoms with E-state index < -0.39 is 14.5 Å². The topological polar surface area (TPSA) is 9.23 Å². The summed E-state index contributed by atoms with van der Waals surface area (Å²) in [5, 5.41) is 2.65. The van der Waals surface area contributed by atoms with E-state index in [0.29, 0.717) is 0 Å². The monoisotopic (exact) mass is 416 g/mol. The van der Waals surface area contributed by atoms with Gasteiger partial charge in [0.2, 0.25) is 0 Å². The van der Waals surface area contributed by atoms with Gasteiger partial charge in [-0.1, -0.05) is 135 Å². The van der Waals surface area contributed by atoms with E-state index in [4.69, 9.17) is 3.79 Å². The number of hydrogen-bond acceptors (Lipinski definition) is 1. The van der Waals surface area contributed by atoms with Crippen LogP contribution in [0.5, 0.6) is 5.75 Å². The maximum atomic E-state index is 7.08. The van der Waals surface area contributed by atoms with Gasteiger partial charge in [0.25, 0.3) is 0 Å². The van der Waals surface area contributed by atoms with Crippen LogP contribution in [-0.2, 0) is 10.8 Å². The number of rotatable bonds is 12. The average Bonchev–Trinajstić information content (AvgIpc) is 2.61. The van der Waals surface area contributed by atoms with E-state index in [1.165, 1.54) is 84.4 Å². The third-order valence-electron chi connectivity index (χ3n) is 5.89. The molecular weight excluding hydrogens is 367 g/mol. The maximum absolute atomic E-state index is 7.08. The van der Waals surface area contributed by atoms with Gasteiger partial charge >= 0.3 is 14.5 Å². The van der Waals surface area contributed by atoms with Crippen LogP contribution in [0.25, 0.3) is 0 Å². The molecule has 1 aromatic carbocycles. The van der Waals surface area contributed by atoms with Crippen molar-refractivity contribution in [3.8, 4) is 5.75 Å². The Morgan fingerprint density at radius 2 is 1.10 bits per heavy atom. The minimum Gasteiger partial charge on any atom is -0.642 e. The van der Waals surface area contributed by atoms with Crippen molar-refractivity contribution < 1.29 is 3.79 Å². The molecule has 1 nitrogen and oxygen atoms in total. The van der Waals surface area contributed by atoms with Crippen LogP contribution in [0.15, 0.2) is 12.1 Å². The molecule has 0 heterocycles. The third kappa shape index (κ3) is 9.48. The molecule has 0 aromatic heterocycles. The number of hydrogen-bond donors (Lipinski definition) is 0. The van der Waals surface area contributed by atoms with Crippen molar-refractivity contribution in [1.29, 1.82) is 0 Å². The number of benzene rings is 1. The molecule has 0 fully saturated rings. The number of aryl methyl sites for hydroxylation is 1. The Bertz CT molecular complexity index is 545. The SMILES string of the molecule is CCCCC[CH2][Al]([CH2]CCCCC)[O]c1c(C(C)(C)C)cc(C)cc1C(C)(C)C. The van der Waals surface area contributed by atoms with Gasteiger partial charge in [0.1, 0.15) is 0 Å². The molecule has 166 valence electrons. The van der Waals surface area contributed by atoms with Gasteiger partial charge in [-0.2, -0.15) is 0 Å². The standard InChI is InChI=1S/C15H24O.2C6H13.Al/c1-10-8-11(14(2,3)4)13(16)12(9-10)15(5,6)7;2*1-3-5-6-4-2;/h8-9,16H,1-7H3;2*1,3-6H2,2H3;/q;;;+1/p-1. The zero-order chi connectivity index (χ0) is 22.1. The fourth-order valence-electron chi connectivity index (χ4n) is 4.04. The molecule has 1 aromatic rings. The predicted molar refractivity (Wildman–Crippen MR) is 133 cm³/mol. The van der Waals surface area contributed by atoms with Crippen LogP contribution >= 0.6 is 0 Å². The minimum absolute atomic E-state index is 0.102. The van der Waals surface area contributed by atoms with Crippen molar-refractivity contribution in [2.45, 2.75) is 135 Å². The van der Waals surface area contributed by atoms with E-state index in [-0.39, 0.29) is 10.8 Å². The summed E-state index contributed by atoms with van der Waals surface area (Å²) in [7, 11) is 0. The van der Waals surface area contributed by atoms with Gasteiger partial charge in [-0.15, -0.1) is 0 Å². The zero-order valence-corrected chi connectivity index (χ0v) is 22.4. The van der Waals surface area contributed by atoms with E-state index >= 15 is 0 Å². The van der Waals surface area contributed by atoms with E-state index in [2.05, 4.69) is 74.4 Å². The van der Waals surface area contributed by atoms with Crippen LogP contribution in [0.1, 0.15) is 123 Å². The molecule has 0 aliphatic heterocycles. The Balaban J connectivity index is 3.19. The molecule has 0 spiro atoms. The van der Waals surface area contributed by atoms with Crippen LogP contribution in [0.4, 0.5) is 0 Å². The predicted octanol–water partition coefficient (Wildman–Crippen LogP) is 9.12. The van der Waals surface area contributed by atoms with E-state index in [0.717, 1.165) is 0 Å². The summed E-state index contributed by atoms with van der Waals surface area (Å²) >= 11 is -1.26. The first-order valence-corrected chi connectivity index (χ1v) is 14.4. The van der Waals surface area contributed by atoms with Crippen LogP contribution in [0.3, 0.4) is 0 Å². The van der Waals surface area contributed by atoms with Gasteiger partial charge < -0.3 is 3.79 Å². The highest BCUT2D eigenvalue weighted by Gasteiger charge is 2.31. The first-order valence-electron chi connectivity index (χ1n) is 12.3. The molecule has 0 radical (unpaired) electrons. The molecule has 0 aliphatic carbocycles. The first-order chi connectivity index (χ1) is 13.5. The molecular formula is C27H49AlO. The van der Waals surface area contributed by atoms with Crippen molar-refractivity contribution in [3.05, 3.63) is 28.8 Å². The Kier molecular flexibility index (Phi) is 11.4. The Labute approximate surface area is 187 Å². The fourth-order valence-corrected chi connectivity index (χ4v) is 6.64. The smallest absolute Gasteiger partial charge is 0.546 e. The Morgan fingerprint density at radius 1 is 0.690 bits per heavy atom. The van der Waals surface area contributed by atoms with Crippen molar-refractivity contribution in [1.82, 2.24) is 0 Å². The van der Waals surface area contributed by atoms with Gasteiger partial charge in [-0.3, -0.25) is 0 Å². The van der Waals surface area contributed by atoms with E-state index in [1.54, 1.807) is 0 Å².